The van der Waals surface area contributed by atoms with Gasteiger partial charge in [-0.05, 0) is 57.2 Å². The van der Waals surface area contributed by atoms with Gasteiger partial charge in [0.2, 0.25) is 17.6 Å². The second-order valence-corrected chi connectivity index (χ2v) is 8.61. The summed E-state index contributed by atoms with van der Waals surface area (Å²) < 4.78 is 6.46. The molecule has 0 atom stereocenters. The first kappa shape index (κ1) is 19.5. The Morgan fingerprint density at radius 3 is 2.46 bits per heavy atom. The summed E-state index contributed by atoms with van der Waals surface area (Å²) in [5.41, 5.74) is 0.940. The van der Waals surface area contributed by atoms with Crippen LogP contribution in [0.5, 0.6) is 0 Å². The normalized spacial score (nSPS) is 19.9. The minimum absolute atomic E-state index is 0.153. The fourth-order valence-corrected chi connectivity index (χ4v) is 4.11. The molecule has 2 aliphatic rings. The Hall–Kier alpha value is -1.77. The van der Waals surface area contributed by atoms with Crippen molar-refractivity contribution in [3.63, 3.8) is 0 Å². The van der Waals surface area contributed by atoms with Crippen LogP contribution in [0, 0.1) is 5.92 Å². The fourth-order valence-electron chi connectivity index (χ4n) is 3.85. The quantitative estimate of drug-likeness (QED) is 0.716. The lowest BCUT2D eigenvalue weighted by molar-refractivity contribution is -0.138. The summed E-state index contributed by atoms with van der Waals surface area (Å²) in [6.07, 6.45) is 1.80. The predicted molar refractivity (Wildman–Crippen MR) is 110 cm³/mol. The molecule has 8 heteroatoms. The highest BCUT2D eigenvalue weighted by Crippen LogP contribution is 2.23. The van der Waals surface area contributed by atoms with E-state index in [9.17, 15) is 4.79 Å². The van der Waals surface area contributed by atoms with Gasteiger partial charge < -0.3 is 14.3 Å². The summed E-state index contributed by atoms with van der Waals surface area (Å²) in [4.78, 5) is 23.9. The number of rotatable bonds is 4. The van der Waals surface area contributed by atoms with Crippen molar-refractivity contribution in [1.82, 2.24) is 24.8 Å². The number of carbonyl (C=O) groups excluding carboxylic acids is 1. The molecule has 1 aromatic carbocycles. The van der Waals surface area contributed by atoms with Gasteiger partial charge in [-0.15, -0.1) is 0 Å². The van der Waals surface area contributed by atoms with E-state index in [0.717, 1.165) is 62.1 Å². The molecular formula is C20H26BrN5O2. The average Bonchev–Trinajstić information content (AvgIpc) is 3.18. The number of hydrogen-bond donors (Lipinski definition) is 0. The second-order valence-electron chi connectivity index (χ2n) is 7.70. The number of benzene rings is 1. The predicted octanol–water partition coefficient (Wildman–Crippen LogP) is 2.49. The molecule has 0 unspecified atom stereocenters. The molecule has 0 spiro atoms. The van der Waals surface area contributed by atoms with Gasteiger partial charge in [-0.1, -0.05) is 21.1 Å². The maximum atomic E-state index is 12.8. The number of amides is 1. The molecule has 2 aromatic rings. The molecule has 1 amide bonds. The van der Waals surface area contributed by atoms with Crippen LogP contribution in [0.25, 0.3) is 11.4 Å². The Morgan fingerprint density at radius 2 is 1.79 bits per heavy atom. The standard InChI is InChI=1S/C20H26BrN5O2/c1-24-10-12-26(13-11-24)20(27)16-6-8-25(9-7-16)14-18-22-19(23-28-18)15-2-4-17(21)5-3-15/h2-5,16H,6-14H2,1H3. The molecule has 0 saturated carbocycles. The summed E-state index contributed by atoms with van der Waals surface area (Å²) in [6, 6.07) is 7.86. The van der Waals surface area contributed by atoms with E-state index >= 15 is 0 Å². The molecular weight excluding hydrogens is 422 g/mol. The molecule has 2 aliphatic heterocycles. The third-order valence-electron chi connectivity index (χ3n) is 5.68. The summed E-state index contributed by atoms with van der Waals surface area (Å²) >= 11 is 3.43. The second kappa shape index (κ2) is 8.71. The number of likely N-dealkylation sites (tertiary alicyclic amines) is 1. The maximum absolute atomic E-state index is 12.8. The van der Waals surface area contributed by atoms with Crippen LogP contribution in [-0.4, -0.2) is 77.1 Å². The highest BCUT2D eigenvalue weighted by Gasteiger charge is 2.30. The van der Waals surface area contributed by atoms with E-state index < -0.39 is 0 Å². The van der Waals surface area contributed by atoms with E-state index in [1.54, 1.807) is 0 Å². The highest BCUT2D eigenvalue weighted by atomic mass is 79.9. The molecule has 7 nitrogen and oxygen atoms in total. The maximum Gasteiger partial charge on any atom is 0.241 e. The molecule has 0 bridgehead atoms. The van der Waals surface area contributed by atoms with E-state index in [4.69, 9.17) is 4.52 Å². The number of halogens is 1. The SMILES string of the molecule is CN1CCN(C(=O)C2CCN(Cc3nc(-c4ccc(Br)cc4)no3)CC2)CC1. The number of piperazine rings is 1. The van der Waals surface area contributed by atoms with E-state index in [-0.39, 0.29) is 5.92 Å². The first-order valence-electron chi connectivity index (χ1n) is 9.87. The van der Waals surface area contributed by atoms with Crippen molar-refractivity contribution in [3.05, 3.63) is 34.6 Å². The summed E-state index contributed by atoms with van der Waals surface area (Å²) in [5.74, 6) is 1.73. The lowest BCUT2D eigenvalue weighted by atomic mass is 9.95. The largest absolute Gasteiger partial charge is 0.340 e. The van der Waals surface area contributed by atoms with Crippen LogP contribution in [-0.2, 0) is 11.3 Å². The van der Waals surface area contributed by atoms with Crippen LogP contribution in [0.15, 0.2) is 33.3 Å². The van der Waals surface area contributed by atoms with Crippen LogP contribution >= 0.6 is 15.9 Å². The van der Waals surface area contributed by atoms with Crippen molar-refractivity contribution in [3.8, 4) is 11.4 Å². The number of nitrogens with zero attached hydrogens (tertiary/aromatic N) is 5. The van der Waals surface area contributed by atoms with E-state index in [0.29, 0.717) is 24.2 Å². The van der Waals surface area contributed by atoms with E-state index in [1.165, 1.54) is 0 Å². The van der Waals surface area contributed by atoms with Crippen molar-refractivity contribution in [2.24, 2.45) is 5.92 Å². The third-order valence-corrected chi connectivity index (χ3v) is 6.21. The van der Waals surface area contributed by atoms with E-state index in [1.807, 2.05) is 29.2 Å². The molecule has 2 saturated heterocycles. The first-order chi connectivity index (χ1) is 13.6. The van der Waals surface area contributed by atoms with Crippen LogP contribution in [0.3, 0.4) is 0 Å². The minimum atomic E-state index is 0.153. The van der Waals surface area contributed by atoms with Crippen molar-refractivity contribution >= 4 is 21.8 Å². The van der Waals surface area contributed by atoms with Gasteiger partial charge in [0.15, 0.2) is 0 Å². The molecule has 3 heterocycles. The lowest BCUT2D eigenvalue weighted by Gasteiger charge is -2.37. The van der Waals surface area contributed by atoms with Gasteiger partial charge in [-0.3, -0.25) is 9.69 Å². The van der Waals surface area contributed by atoms with Gasteiger partial charge in [0, 0.05) is 42.1 Å². The molecule has 0 radical (unpaired) electrons. The topological polar surface area (TPSA) is 65.7 Å². The Balaban J connectivity index is 1.28. The molecule has 0 N–H and O–H groups in total. The lowest BCUT2D eigenvalue weighted by Crippen LogP contribution is -2.50. The van der Waals surface area contributed by atoms with Crippen molar-refractivity contribution < 1.29 is 9.32 Å². The van der Waals surface area contributed by atoms with Gasteiger partial charge in [-0.25, -0.2) is 0 Å². The number of piperidine rings is 1. The summed E-state index contributed by atoms with van der Waals surface area (Å²) in [6.45, 7) is 6.08. The average molecular weight is 448 g/mol. The molecule has 1 aromatic heterocycles. The van der Waals surface area contributed by atoms with Gasteiger partial charge in [0.25, 0.3) is 0 Å². The van der Waals surface area contributed by atoms with Crippen molar-refractivity contribution in [2.45, 2.75) is 19.4 Å². The van der Waals surface area contributed by atoms with E-state index in [2.05, 4.69) is 42.9 Å². The van der Waals surface area contributed by atoms with Crippen LogP contribution in [0.1, 0.15) is 18.7 Å². The molecule has 0 aliphatic carbocycles. The Labute approximate surface area is 173 Å². The highest BCUT2D eigenvalue weighted by molar-refractivity contribution is 9.10. The Kier molecular flexibility index (Phi) is 6.08. The number of aromatic nitrogens is 2. The van der Waals surface area contributed by atoms with Gasteiger partial charge >= 0.3 is 0 Å². The first-order valence-corrected chi connectivity index (χ1v) is 10.7. The van der Waals surface area contributed by atoms with Gasteiger partial charge in [-0.2, -0.15) is 4.98 Å². The zero-order valence-electron chi connectivity index (χ0n) is 16.2. The van der Waals surface area contributed by atoms with Crippen LogP contribution < -0.4 is 0 Å². The van der Waals surface area contributed by atoms with Crippen LogP contribution in [0.2, 0.25) is 0 Å². The third kappa shape index (κ3) is 4.61. The minimum Gasteiger partial charge on any atom is -0.340 e. The number of carbonyl (C=O) groups is 1. The molecule has 150 valence electrons. The molecule has 2 fully saturated rings. The zero-order valence-corrected chi connectivity index (χ0v) is 17.8. The van der Waals surface area contributed by atoms with Crippen molar-refractivity contribution in [2.75, 3.05) is 46.3 Å². The summed E-state index contributed by atoms with van der Waals surface area (Å²) in [7, 11) is 2.11. The monoisotopic (exact) mass is 447 g/mol. The summed E-state index contributed by atoms with van der Waals surface area (Å²) in [5, 5.41) is 4.10. The molecule has 28 heavy (non-hydrogen) atoms. The fraction of sp³-hybridized carbons (Fsp3) is 0.550. The smallest absolute Gasteiger partial charge is 0.241 e. The van der Waals surface area contributed by atoms with Crippen LogP contribution in [0.4, 0.5) is 0 Å². The molecule has 4 rings (SSSR count). The van der Waals surface area contributed by atoms with Crippen molar-refractivity contribution in [1.29, 1.82) is 0 Å². The zero-order chi connectivity index (χ0) is 19.5. The van der Waals surface area contributed by atoms with Gasteiger partial charge in [0.05, 0.1) is 6.54 Å². The Morgan fingerprint density at radius 1 is 1.11 bits per heavy atom. The number of hydrogen-bond acceptors (Lipinski definition) is 6. The number of likely N-dealkylation sites (N-methyl/N-ethyl adjacent to an activating group) is 1. The Bertz CT molecular complexity index is 793. The van der Waals surface area contributed by atoms with Gasteiger partial charge in [0.1, 0.15) is 0 Å².